The van der Waals surface area contributed by atoms with Gasteiger partial charge in [0.25, 0.3) is 0 Å². The number of rotatable bonds is 6. The molecular formula is C13H20N2O4S2. The predicted octanol–water partition coefficient (Wildman–Crippen LogP) is 0.0125. The van der Waals surface area contributed by atoms with Crippen LogP contribution in [0.1, 0.15) is 17.5 Å². The normalized spacial score (nSPS) is 21.5. The molecule has 0 amide bonds. The van der Waals surface area contributed by atoms with Crippen LogP contribution in [-0.2, 0) is 32.2 Å². The summed E-state index contributed by atoms with van der Waals surface area (Å²) in [5, 5.41) is 3.02. The van der Waals surface area contributed by atoms with E-state index in [1.54, 1.807) is 12.1 Å². The summed E-state index contributed by atoms with van der Waals surface area (Å²) in [5.41, 5.74) is 1.76. The highest BCUT2D eigenvalue weighted by Gasteiger charge is 2.30. The third-order valence-electron chi connectivity index (χ3n) is 3.34. The van der Waals surface area contributed by atoms with Gasteiger partial charge in [0.1, 0.15) is 0 Å². The van der Waals surface area contributed by atoms with Gasteiger partial charge in [0.2, 0.25) is 10.0 Å². The zero-order valence-corrected chi connectivity index (χ0v) is 13.5. The zero-order valence-electron chi connectivity index (χ0n) is 11.9. The van der Waals surface area contributed by atoms with Crippen molar-refractivity contribution in [1.29, 1.82) is 0 Å². The molecule has 118 valence electrons. The van der Waals surface area contributed by atoms with Crippen LogP contribution in [0.5, 0.6) is 0 Å². The van der Waals surface area contributed by atoms with Gasteiger partial charge >= 0.3 is 0 Å². The Bertz CT molecular complexity index is 681. The molecule has 1 fully saturated rings. The summed E-state index contributed by atoms with van der Waals surface area (Å²) in [6, 6.07) is 6.81. The van der Waals surface area contributed by atoms with E-state index in [1.807, 2.05) is 19.2 Å². The standard InChI is InChI=1S/C13H20N2O4S2/c1-14-8-11-2-4-12(5-3-11)9-21(18,19)15-13-6-7-20(16,17)10-13/h2-5,13-15H,6-10H2,1H3. The maximum absolute atomic E-state index is 12.1. The van der Waals surface area contributed by atoms with Crippen molar-refractivity contribution in [3.63, 3.8) is 0 Å². The molecule has 1 saturated heterocycles. The second-order valence-corrected chi connectivity index (χ2v) is 9.31. The number of nitrogens with one attached hydrogen (secondary N) is 2. The Balaban J connectivity index is 1.97. The molecule has 21 heavy (non-hydrogen) atoms. The minimum atomic E-state index is -3.52. The third-order valence-corrected chi connectivity index (χ3v) is 6.51. The lowest BCUT2D eigenvalue weighted by Gasteiger charge is -2.11. The highest BCUT2D eigenvalue weighted by molar-refractivity contribution is 7.92. The summed E-state index contributed by atoms with van der Waals surface area (Å²) in [6.45, 7) is 0.727. The van der Waals surface area contributed by atoms with Crippen molar-refractivity contribution in [3.8, 4) is 0 Å². The fourth-order valence-electron chi connectivity index (χ4n) is 2.36. The van der Waals surface area contributed by atoms with Crippen molar-refractivity contribution in [2.75, 3.05) is 18.6 Å². The molecule has 0 saturated carbocycles. The van der Waals surface area contributed by atoms with E-state index in [0.29, 0.717) is 12.0 Å². The lowest BCUT2D eigenvalue weighted by molar-refractivity contribution is 0.561. The van der Waals surface area contributed by atoms with Gasteiger partial charge in [-0.25, -0.2) is 21.6 Å². The topological polar surface area (TPSA) is 92.3 Å². The van der Waals surface area contributed by atoms with E-state index in [9.17, 15) is 16.8 Å². The maximum atomic E-state index is 12.1. The lowest BCUT2D eigenvalue weighted by atomic mass is 10.1. The number of hydrogen-bond acceptors (Lipinski definition) is 5. The van der Waals surface area contributed by atoms with E-state index in [1.165, 1.54) is 0 Å². The predicted molar refractivity (Wildman–Crippen MR) is 82.0 cm³/mol. The number of sulfone groups is 1. The summed E-state index contributed by atoms with van der Waals surface area (Å²) in [6.07, 6.45) is 0.350. The number of benzene rings is 1. The molecule has 1 aliphatic rings. The van der Waals surface area contributed by atoms with Crippen molar-refractivity contribution in [2.24, 2.45) is 0 Å². The highest BCUT2D eigenvalue weighted by atomic mass is 32.2. The quantitative estimate of drug-likeness (QED) is 0.766. The van der Waals surface area contributed by atoms with Crippen LogP contribution in [0.4, 0.5) is 0 Å². The monoisotopic (exact) mass is 332 g/mol. The Morgan fingerprint density at radius 2 is 1.81 bits per heavy atom. The van der Waals surface area contributed by atoms with E-state index in [2.05, 4.69) is 10.0 Å². The lowest BCUT2D eigenvalue weighted by Crippen LogP contribution is -2.36. The average Bonchev–Trinajstić information content (AvgIpc) is 2.70. The van der Waals surface area contributed by atoms with Crippen molar-refractivity contribution in [2.45, 2.75) is 24.8 Å². The summed E-state index contributed by atoms with van der Waals surface area (Å²) >= 11 is 0. The van der Waals surface area contributed by atoms with Gasteiger partial charge in [-0.2, -0.15) is 0 Å². The van der Waals surface area contributed by atoms with Gasteiger partial charge in [-0.3, -0.25) is 0 Å². The molecule has 0 radical (unpaired) electrons. The fraction of sp³-hybridized carbons (Fsp3) is 0.538. The second kappa shape index (κ2) is 6.43. The highest BCUT2D eigenvalue weighted by Crippen LogP contribution is 2.14. The van der Waals surface area contributed by atoms with Crippen LogP contribution in [0.3, 0.4) is 0 Å². The van der Waals surface area contributed by atoms with Crippen LogP contribution >= 0.6 is 0 Å². The van der Waals surface area contributed by atoms with E-state index in [-0.39, 0.29) is 17.3 Å². The van der Waals surface area contributed by atoms with Crippen LogP contribution in [-0.4, -0.2) is 41.4 Å². The largest absolute Gasteiger partial charge is 0.316 e. The van der Waals surface area contributed by atoms with E-state index in [4.69, 9.17) is 0 Å². The molecule has 1 aliphatic heterocycles. The van der Waals surface area contributed by atoms with Gasteiger partial charge < -0.3 is 5.32 Å². The van der Waals surface area contributed by atoms with Crippen molar-refractivity contribution < 1.29 is 16.8 Å². The Morgan fingerprint density at radius 1 is 1.19 bits per heavy atom. The van der Waals surface area contributed by atoms with Gasteiger partial charge in [-0.15, -0.1) is 0 Å². The molecule has 2 rings (SSSR count). The molecule has 0 bridgehead atoms. The molecule has 6 nitrogen and oxygen atoms in total. The van der Waals surface area contributed by atoms with Crippen molar-refractivity contribution in [1.82, 2.24) is 10.0 Å². The molecule has 8 heteroatoms. The first-order valence-corrected chi connectivity index (χ1v) is 10.2. The summed E-state index contributed by atoms with van der Waals surface area (Å²) in [5.74, 6) is -0.185. The number of sulfonamides is 1. The minimum Gasteiger partial charge on any atom is -0.316 e. The molecule has 1 aromatic rings. The van der Waals surface area contributed by atoms with Crippen LogP contribution in [0.25, 0.3) is 0 Å². The van der Waals surface area contributed by atoms with Crippen molar-refractivity contribution >= 4 is 19.9 Å². The summed E-state index contributed by atoms with van der Waals surface area (Å²) < 4.78 is 49.3. The molecule has 0 aromatic heterocycles. The van der Waals surface area contributed by atoms with Crippen molar-refractivity contribution in [3.05, 3.63) is 35.4 Å². The molecule has 0 spiro atoms. The first-order chi connectivity index (χ1) is 9.80. The molecule has 1 heterocycles. The average molecular weight is 332 g/mol. The summed E-state index contributed by atoms with van der Waals surface area (Å²) in [7, 11) is -4.76. The smallest absolute Gasteiger partial charge is 0.216 e. The Hall–Kier alpha value is -0.960. The first kappa shape index (κ1) is 16.4. The molecular weight excluding hydrogens is 312 g/mol. The second-order valence-electron chi connectivity index (χ2n) is 5.32. The SMILES string of the molecule is CNCc1ccc(CS(=O)(=O)NC2CCS(=O)(=O)C2)cc1. The van der Waals surface area contributed by atoms with Gasteiger partial charge in [-0.05, 0) is 24.6 Å². The van der Waals surface area contributed by atoms with Crippen LogP contribution in [0.15, 0.2) is 24.3 Å². The van der Waals surface area contributed by atoms with E-state index < -0.39 is 25.9 Å². The summed E-state index contributed by atoms with van der Waals surface area (Å²) in [4.78, 5) is 0. The van der Waals surface area contributed by atoms with Gasteiger partial charge in [0, 0.05) is 12.6 Å². The van der Waals surface area contributed by atoms with Crippen LogP contribution < -0.4 is 10.0 Å². The van der Waals surface area contributed by atoms with Crippen LogP contribution in [0.2, 0.25) is 0 Å². The Kier molecular flexibility index (Phi) is 5.03. The van der Waals surface area contributed by atoms with Gasteiger partial charge in [-0.1, -0.05) is 24.3 Å². The first-order valence-electron chi connectivity index (χ1n) is 6.72. The molecule has 1 atom stereocenters. The molecule has 1 aromatic carbocycles. The van der Waals surface area contributed by atoms with Gasteiger partial charge in [0.15, 0.2) is 9.84 Å². The third kappa shape index (κ3) is 5.06. The Morgan fingerprint density at radius 3 is 2.33 bits per heavy atom. The van der Waals surface area contributed by atoms with E-state index in [0.717, 1.165) is 12.1 Å². The van der Waals surface area contributed by atoms with E-state index >= 15 is 0 Å². The molecule has 2 N–H and O–H groups in total. The van der Waals surface area contributed by atoms with Gasteiger partial charge in [0.05, 0.1) is 17.3 Å². The zero-order chi connectivity index (χ0) is 15.5. The fourth-order valence-corrected chi connectivity index (χ4v) is 5.56. The minimum absolute atomic E-state index is 0.0545. The molecule has 1 unspecified atom stereocenters. The number of hydrogen-bond donors (Lipinski definition) is 2. The van der Waals surface area contributed by atoms with Crippen LogP contribution in [0, 0.1) is 0 Å². The Labute approximate surface area is 125 Å². The molecule has 0 aliphatic carbocycles. The maximum Gasteiger partial charge on any atom is 0.216 e.